The minimum Gasteiger partial charge on any atom is -0.326 e. The van der Waals surface area contributed by atoms with Crippen molar-refractivity contribution in [3.63, 3.8) is 0 Å². The van der Waals surface area contributed by atoms with Gasteiger partial charge >= 0.3 is 0 Å². The maximum absolute atomic E-state index is 11.6. The van der Waals surface area contributed by atoms with E-state index in [1.165, 1.54) is 0 Å². The van der Waals surface area contributed by atoms with Gasteiger partial charge in [-0.1, -0.05) is 72.5 Å². The number of benzene rings is 3. The molecular weight excluding hydrogens is 306 g/mol. The predicted molar refractivity (Wildman–Crippen MR) is 100 cm³/mol. The topological polar surface area (TPSA) is 29.1 Å². The summed E-state index contributed by atoms with van der Waals surface area (Å²) in [7, 11) is 0. The van der Waals surface area contributed by atoms with Crippen LogP contribution in [0.4, 0.5) is 5.69 Å². The van der Waals surface area contributed by atoms with Crippen LogP contribution in [-0.2, 0) is 11.2 Å². The van der Waals surface area contributed by atoms with E-state index < -0.39 is 0 Å². The summed E-state index contributed by atoms with van der Waals surface area (Å²) in [6.45, 7) is 0. The first-order chi connectivity index (χ1) is 12.3. The van der Waals surface area contributed by atoms with Crippen LogP contribution in [0.5, 0.6) is 0 Å². The minimum absolute atomic E-state index is 0.0255. The highest BCUT2D eigenvalue weighted by Crippen LogP contribution is 2.30. The van der Waals surface area contributed by atoms with Crippen molar-refractivity contribution < 1.29 is 4.79 Å². The summed E-state index contributed by atoms with van der Waals surface area (Å²) in [4.78, 5) is 11.6. The molecule has 120 valence electrons. The lowest BCUT2D eigenvalue weighted by molar-refractivity contribution is -0.115. The second-order valence-corrected chi connectivity index (χ2v) is 6.12. The Bertz CT molecular complexity index is 965. The summed E-state index contributed by atoms with van der Waals surface area (Å²) >= 11 is 0. The van der Waals surface area contributed by atoms with Crippen molar-refractivity contribution in [3.05, 3.63) is 101 Å². The lowest BCUT2D eigenvalue weighted by Crippen LogP contribution is -2.03. The standard InChI is InChI=1S/C23H17NO/c25-23-16-20-15-19(12-14-22(20)24-23)21(18-9-5-2-6-10-18)13-11-17-7-3-1-4-8-17/h1-10,12,14-15,21H,16H2,(H,24,25). The molecule has 0 fully saturated rings. The Labute approximate surface area is 147 Å². The number of rotatable bonds is 2. The third-order valence-corrected chi connectivity index (χ3v) is 4.36. The molecule has 1 atom stereocenters. The number of fused-ring (bicyclic) bond motifs is 1. The molecule has 0 aromatic heterocycles. The Balaban J connectivity index is 1.76. The Kier molecular flexibility index (Phi) is 4.06. The molecule has 1 N–H and O–H groups in total. The smallest absolute Gasteiger partial charge is 0.228 e. The summed E-state index contributed by atoms with van der Waals surface area (Å²) in [5, 5.41) is 2.89. The molecule has 0 saturated heterocycles. The first kappa shape index (κ1) is 15.2. The number of nitrogens with one attached hydrogen (secondary N) is 1. The van der Waals surface area contributed by atoms with E-state index in [0.29, 0.717) is 6.42 Å². The number of carbonyl (C=O) groups is 1. The highest BCUT2D eigenvalue weighted by Gasteiger charge is 2.20. The van der Waals surface area contributed by atoms with Crippen LogP contribution in [0.1, 0.15) is 28.2 Å². The van der Waals surface area contributed by atoms with E-state index in [9.17, 15) is 4.79 Å². The van der Waals surface area contributed by atoms with Crippen LogP contribution in [0.3, 0.4) is 0 Å². The van der Waals surface area contributed by atoms with Gasteiger partial charge in [0.15, 0.2) is 0 Å². The van der Waals surface area contributed by atoms with Crippen LogP contribution in [-0.4, -0.2) is 5.91 Å². The predicted octanol–water partition coefficient (Wildman–Crippen LogP) is 4.36. The van der Waals surface area contributed by atoms with E-state index >= 15 is 0 Å². The van der Waals surface area contributed by atoms with Gasteiger partial charge in [0.2, 0.25) is 5.91 Å². The van der Waals surface area contributed by atoms with Gasteiger partial charge < -0.3 is 5.32 Å². The van der Waals surface area contributed by atoms with Gasteiger partial charge in [0.1, 0.15) is 0 Å². The fourth-order valence-corrected chi connectivity index (χ4v) is 3.11. The monoisotopic (exact) mass is 323 g/mol. The van der Waals surface area contributed by atoms with Crippen LogP contribution in [0, 0.1) is 11.8 Å². The van der Waals surface area contributed by atoms with Gasteiger partial charge in [-0.05, 0) is 34.9 Å². The molecule has 4 rings (SSSR count). The van der Waals surface area contributed by atoms with Crippen LogP contribution in [0.15, 0.2) is 78.9 Å². The number of hydrogen-bond donors (Lipinski definition) is 1. The van der Waals surface area contributed by atoms with Gasteiger partial charge in [-0.3, -0.25) is 4.79 Å². The zero-order valence-corrected chi connectivity index (χ0v) is 13.7. The summed E-state index contributed by atoms with van der Waals surface area (Å²) in [6.07, 6.45) is 0.441. The van der Waals surface area contributed by atoms with E-state index in [0.717, 1.165) is 27.9 Å². The van der Waals surface area contributed by atoms with Crippen molar-refractivity contribution in [3.8, 4) is 11.8 Å². The van der Waals surface area contributed by atoms with Gasteiger partial charge in [0.25, 0.3) is 0 Å². The molecule has 0 bridgehead atoms. The van der Waals surface area contributed by atoms with Gasteiger partial charge in [-0.15, -0.1) is 0 Å². The van der Waals surface area contributed by atoms with Crippen molar-refractivity contribution in [2.45, 2.75) is 12.3 Å². The second-order valence-electron chi connectivity index (χ2n) is 6.12. The average molecular weight is 323 g/mol. The third-order valence-electron chi connectivity index (χ3n) is 4.36. The zero-order chi connectivity index (χ0) is 17.1. The average Bonchev–Trinajstić information content (AvgIpc) is 3.03. The highest BCUT2D eigenvalue weighted by atomic mass is 16.1. The maximum Gasteiger partial charge on any atom is 0.228 e. The van der Waals surface area contributed by atoms with Crippen LogP contribution in [0.2, 0.25) is 0 Å². The number of anilines is 1. The maximum atomic E-state index is 11.6. The van der Waals surface area contributed by atoms with Gasteiger partial charge in [-0.25, -0.2) is 0 Å². The molecule has 3 aromatic carbocycles. The molecule has 0 radical (unpaired) electrons. The van der Waals surface area contributed by atoms with Crippen molar-refractivity contribution >= 4 is 11.6 Å². The molecular formula is C23H17NO. The third kappa shape index (κ3) is 3.32. The van der Waals surface area contributed by atoms with E-state index in [4.69, 9.17) is 0 Å². The molecule has 1 aliphatic heterocycles. The number of carbonyl (C=O) groups excluding carboxylic acids is 1. The molecule has 0 aliphatic carbocycles. The Morgan fingerprint density at radius 3 is 2.32 bits per heavy atom. The van der Waals surface area contributed by atoms with Crippen molar-refractivity contribution in [2.75, 3.05) is 5.32 Å². The molecule has 2 nitrogen and oxygen atoms in total. The first-order valence-electron chi connectivity index (χ1n) is 8.34. The lowest BCUT2D eigenvalue weighted by Gasteiger charge is -2.13. The van der Waals surface area contributed by atoms with Gasteiger partial charge in [0.05, 0.1) is 12.3 Å². The fourth-order valence-electron chi connectivity index (χ4n) is 3.11. The summed E-state index contributed by atoms with van der Waals surface area (Å²) in [5.41, 5.74) is 5.23. The number of amides is 1. The molecule has 1 heterocycles. The molecule has 0 spiro atoms. The van der Waals surface area contributed by atoms with Crippen LogP contribution < -0.4 is 5.32 Å². The molecule has 1 amide bonds. The van der Waals surface area contributed by atoms with Crippen LogP contribution in [0.25, 0.3) is 0 Å². The largest absolute Gasteiger partial charge is 0.326 e. The van der Waals surface area contributed by atoms with Crippen molar-refractivity contribution in [2.24, 2.45) is 0 Å². The van der Waals surface area contributed by atoms with Crippen molar-refractivity contribution in [1.29, 1.82) is 0 Å². The molecule has 0 saturated carbocycles. The van der Waals surface area contributed by atoms with E-state index in [2.05, 4.69) is 41.4 Å². The lowest BCUT2D eigenvalue weighted by atomic mass is 9.90. The molecule has 2 heteroatoms. The molecule has 1 unspecified atom stereocenters. The quantitative estimate of drug-likeness (QED) is 0.697. The SMILES string of the molecule is O=C1Cc2cc(C(C#Cc3ccccc3)c3ccccc3)ccc2N1. The van der Waals surface area contributed by atoms with E-state index in [-0.39, 0.29) is 11.8 Å². The fraction of sp³-hybridized carbons (Fsp3) is 0.0870. The Morgan fingerprint density at radius 1 is 0.840 bits per heavy atom. The number of hydrogen-bond acceptors (Lipinski definition) is 1. The minimum atomic E-state index is -0.0255. The summed E-state index contributed by atoms with van der Waals surface area (Å²) < 4.78 is 0. The Hall–Kier alpha value is -3.31. The van der Waals surface area contributed by atoms with Crippen molar-refractivity contribution in [1.82, 2.24) is 0 Å². The zero-order valence-electron chi connectivity index (χ0n) is 13.7. The molecule has 1 aliphatic rings. The molecule has 3 aromatic rings. The molecule has 25 heavy (non-hydrogen) atoms. The summed E-state index contributed by atoms with van der Waals surface area (Å²) in [5.74, 6) is 6.73. The van der Waals surface area contributed by atoms with Crippen LogP contribution >= 0.6 is 0 Å². The van der Waals surface area contributed by atoms with Gasteiger partial charge in [-0.2, -0.15) is 0 Å². The van der Waals surface area contributed by atoms with Gasteiger partial charge in [0, 0.05) is 11.3 Å². The van der Waals surface area contributed by atoms with E-state index in [1.54, 1.807) is 0 Å². The highest BCUT2D eigenvalue weighted by molar-refractivity contribution is 5.99. The second kappa shape index (κ2) is 6.67. The first-order valence-corrected chi connectivity index (χ1v) is 8.34. The summed E-state index contributed by atoms with van der Waals surface area (Å²) in [6, 6.07) is 26.4. The van der Waals surface area contributed by atoms with E-state index in [1.807, 2.05) is 54.6 Å². The Morgan fingerprint density at radius 2 is 1.56 bits per heavy atom. The normalized spacial score (nSPS) is 13.4.